The van der Waals surface area contributed by atoms with E-state index < -0.39 is 5.60 Å². The Bertz CT molecular complexity index is 430. The predicted molar refractivity (Wildman–Crippen MR) is 76.7 cm³/mol. The average Bonchev–Trinajstić information content (AvgIpc) is 3.28. The van der Waals surface area contributed by atoms with Crippen LogP contribution in [0.2, 0.25) is 0 Å². The number of carbonyl (C=O) groups excluding carboxylic acids is 1. The number of carbonyl (C=O) groups is 1. The molecule has 2 amide bonds. The van der Waals surface area contributed by atoms with Gasteiger partial charge in [0.25, 0.3) is 0 Å². The molecule has 1 aromatic carbocycles. The van der Waals surface area contributed by atoms with Crippen LogP contribution in [0.3, 0.4) is 0 Å². The van der Waals surface area contributed by atoms with Crippen LogP contribution in [0.5, 0.6) is 5.75 Å². The van der Waals surface area contributed by atoms with Crippen molar-refractivity contribution in [2.45, 2.75) is 25.4 Å². The molecule has 0 aliphatic heterocycles. The van der Waals surface area contributed by atoms with Gasteiger partial charge in [-0.3, -0.25) is 0 Å². The number of rotatable bonds is 7. The van der Waals surface area contributed by atoms with Crippen molar-refractivity contribution >= 4 is 6.03 Å². The highest BCUT2D eigenvalue weighted by Crippen LogP contribution is 2.38. The minimum absolute atomic E-state index is 0.275. The zero-order valence-corrected chi connectivity index (χ0v) is 11.8. The highest BCUT2D eigenvalue weighted by atomic mass is 16.5. The van der Waals surface area contributed by atoms with Gasteiger partial charge in [-0.05, 0) is 37.8 Å². The Hall–Kier alpha value is -1.75. The molecular formula is C15H22N2O3. The summed E-state index contributed by atoms with van der Waals surface area (Å²) in [6.07, 6.45) is 2.09. The zero-order valence-electron chi connectivity index (χ0n) is 11.8. The molecule has 1 aliphatic carbocycles. The van der Waals surface area contributed by atoms with Gasteiger partial charge < -0.3 is 20.5 Å². The molecule has 1 unspecified atom stereocenters. The molecule has 20 heavy (non-hydrogen) atoms. The van der Waals surface area contributed by atoms with Gasteiger partial charge in [-0.25, -0.2) is 4.79 Å². The highest BCUT2D eigenvalue weighted by Gasteiger charge is 2.39. The van der Waals surface area contributed by atoms with Gasteiger partial charge in [0, 0.05) is 6.54 Å². The molecule has 5 nitrogen and oxygen atoms in total. The van der Waals surface area contributed by atoms with Crippen LogP contribution in [0.4, 0.5) is 4.79 Å². The Morgan fingerprint density at radius 3 is 2.70 bits per heavy atom. The first-order valence-electron chi connectivity index (χ1n) is 7.00. The molecule has 0 saturated heterocycles. The van der Waals surface area contributed by atoms with Crippen molar-refractivity contribution < 1.29 is 14.6 Å². The van der Waals surface area contributed by atoms with E-state index in [1.54, 1.807) is 6.92 Å². The summed E-state index contributed by atoms with van der Waals surface area (Å²) in [4.78, 5) is 11.6. The number of ether oxygens (including phenoxy) is 1. The van der Waals surface area contributed by atoms with Crippen LogP contribution in [0.15, 0.2) is 30.3 Å². The van der Waals surface area contributed by atoms with E-state index in [9.17, 15) is 9.90 Å². The molecule has 1 saturated carbocycles. The summed E-state index contributed by atoms with van der Waals surface area (Å²) in [6, 6.07) is 9.18. The molecule has 0 spiro atoms. The van der Waals surface area contributed by atoms with Gasteiger partial charge in [0.1, 0.15) is 12.4 Å². The number of urea groups is 1. The molecule has 0 bridgehead atoms. The normalized spacial score (nSPS) is 17.1. The number of amides is 2. The van der Waals surface area contributed by atoms with Gasteiger partial charge in [0.2, 0.25) is 0 Å². The smallest absolute Gasteiger partial charge is 0.315 e. The van der Waals surface area contributed by atoms with Gasteiger partial charge in [0.05, 0.1) is 12.1 Å². The first kappa shape index (κ1) is 14.7. The van der Waals surface area contributed by atoms with Crippen molar-refractivity contribution in [2.24, 2.45) is 5.92 Å². The van der Waals surface area contributed by atoms with Gasteiger partial charge in [0.15, 0.2) is 0 Å². The molecule has 110 valence electrons. The molecular weight excluding hydrogens is 256 g/mol. The van der Waals surface area contributed by atoms with Crippen molar-refractivity contribution in [1.82, 2.24) is 10.6 Å². The van der Waals surface area contributed by atoms with Crippen molar-refractivity contribution in [3.8, 4) is 5.75 Å². The number of para-hydroxylation sites is 1. The Balaban J connectivity index is 1.56. The topological polar surface area (TPSA) is 70.6 Å². The molecule has 1 aliphatic rings. The van der Waals surface area contributed by atoms with Crippen LogP contribution in [0.1, 0.15) is 19.8 Å². The number of hydrogen-bond donors (Lipinski definition) is 3. The largest absolute Gasteiger partial charge is 0.492 e. The number of aliphatic hydroxyl groups is 1. The lowest BCUT2D eigenvalue weighted by Crippen LogP contribution is -2.46. The highest BCUT2D eigenvalue weighted by molar-refractivity contribution is 5.73. The number of benzene rings is 1. The van der Waals surface area contributed by atoms with Crippen LogP contribution in [-0.4, -0.2) is 36.4 Å². The maximum atomic E-state index is 11.6. The lowest BCUT2D eigenvalue weighted by Gasteiger charge is -2.23. The fourth-order valence-corrected chi connectivity index (χ4v) is 2.02. The summed E-state index contributed by atoms with van der Waals surface area (Å²) in [7, 11) is 0. The summed E-state index contributed by atoms with van der Waals surface area (Å²) in [5.41, 5.74) is -0.794. The zero-order chi connectivity index (χ0) is 14.4. The third-order valence-electron chi connectivity index (χ3n) is 3.46. The van der Waals surface area contributed by atoms with Crippen molar-refractivity contribution in [1.29, 1.82) is 0 Å². The van der Waals surface area contributed by atoms with E-state index in [-0.39, 0.29) is 12.6 Å². The second-order valence-corrected chi connectivity index (χ2v) is 5.40. The lowest BCUT2D eigenvalue weighted by atomic mass is 10.0. The predicted octanol–water partition coefficient (Wildman–Crippen LogP) is 1.53. The van der Waals surface area contributed by atoms with Crippen LogP contribution in [0.25, 0.3) is 0 Å². The lowest BCUT2D eigenvalue weighted by molar-refractivity contribution is 0.0394. The fourth-order valence-electron chi connectivity index (χ4n) is 2.02. The van der Waals surface area contributed by atoms with Crippen molar-refractivity contribution in [3.63, 3.8) is 0 Å². The van der Waals surface area contributed by atoms with Crippen molar-refractivity contribution in [2.75, 3.05) is 19.7 Å². The van der Waals surface area contributed by atoms with E-state index in [1.807, 2.05) is 30.3 Å². The minimum Gasteiger partial charge on any atom is -0.492 e. The van der Waals surface area contributed by atoms with E-state index in [1.165, 1.54) is 0 Å². The molecule has 0 radical (unpaired) electrons. The molecule has 1 fully saturated rings. The van der Waals surface area contributed by atoms with Crippen molar-refractivity contribution in [3.05, 3.63) is 30.3 Å². The molecule has 5 heteroatoms. The first-order chi connectivity index (χ1) is 9.58. The van der Waals surface area contributed by atoms with E-state index in [0.29, 0.717) is 19.1 Å². The first-order valence-corrected chi connectivity index (χ1v) is 7.00. The minimum atomic E-state index is -0.794. The fraction of sp³-hybridized carbons (Fsp3) is 0.533. The van der Waals surface area contributed by atoms with Crippen LogP contribution in [0, 0.1) is 5.92 Å². The van der Waals surface area contributed by atoms with Gasteiger partial charge in [-0.1, -0.05) is 18.2 Å². The van der Waals surface area contributed by atoms with Gasteiger partial charge in [-0.2, -0.15) is 0 Å². The van der Waals surface area contributed by atoms with E-state index >= 15 is 0 Å². The third-order valence-corrected chi connectivity index (χ3v) is 3.46. The summed E-state index contributed by atoms with van der Waals surface area (Å²) < 4.78 is 5.46. The average molecular weight is 278 g/mol. The second kappa shape index (κ2) is 6.61. The molecule has 2 rings (SSSR count). The Kier molecular flexibility index (Phi) is 4.84. The van der Waals surface area contributed by atoms with Gasteiger partial charge >= 0.3 is 6.03 Å². The Morgan fingerprint density at radius 1 is 1.35 bits per heavy atom. The third kappa shape index (κ3) is 4.74. The van der Waals surface area contributed by atoms with Crippen LogP contribution in [-0.2, 0) is 0 Å². The van der Waals surface area contributed by atoms with Crippen LogP contribution >= 0.6 is 0 Å². The Morgan fingerprint density at radius 2 is 2.05 bits per heavy atom. The van der Waals surface area contributed by atoms with Gasteiger partial charge in [-0.15, -0.1) is 0 Å². The van der Waals surface area contributed by atoms with E-state index in [4.69, 9.17) is 4.74 Å². The summed E-state index contributed by atoms with van der Waals surface area (Å²) in [5, 5.41) is 15.4. The monoisotopic (exact) mass is 278 g/mol. The standard InChI is InChI=1S/C15H22N2O3/c1-15(19,12-7-8-12)11-17-14(18)16-9-10-20-13-5-3-2-4-6-13/h2-6,12,19H,7-11H2,1H3,(H2,16,17,18). The number of nitrogens with one attached hydrogen (secondary N) is 2. The van der Waals surface area contributed by atoms with E-state index in [0.717, 1.165) is 18.6 Å². The SMILES string of the molecule is CC(O)(CNC(=O)NCCOc1ccccc1)C1CC1. The summed E-state index contributed by atoms with van der Waals surface area (Å²) in [5.74, 6) is 1.11. The quantitative estimate of drug-likeness (QED) is 0.662. The van der Waals surface area contributed by atoms with Crippen LogP contribution < -0.4 is 15.4 Å². The second-order valence-electron chi connectivity index (χ2n) is 5.40. The molecule has 1 atom stereocenters. The Labute approximate surface area is 119 Å². The summed E-state index contributed by atoms with van der Waals surface area (Å²) >= 11 is 0. The maximum Gasteiger partial charge on any atom is 0.315 e. The van der Waals surface area contributed by atoms with E-state index in [2.05, 4.69) is 10.6 Å². The summed E-state index contributed by atoms with van der Waals surface area (Å²) in [6.45, 7) is 2.88. The molecule has 3 N–H and O–H groups in total. The molecule has 0 aromatic heterocycles. The molecule has 0 heterocycles. The number of hydrogen-bond acceptors (Lipinski definition) is 3. The maximum absolute atomic E-state index is 11.6. The molecule has 1 aromatic rings.